The molecule has 7 heteroatoms. The Morgan fingerprint density at radius 3 is 2.79 bits per heavy atom. The molecule has 1 N–H and O–H groups in total. The number of hydrogen-bond donors (Lipinski definition) is 1. The van der Waals surface area contributed by atoms with E-state index in [1.807, 2.05) is 54.7 Å². The number of hydrogen-bond acceptors (Lipinski definition) is 5. The van der Waals surface area contributed by atoms with Crippen LogP contribution in [0.25, 0.3) is 28.2 Å². The van der Waals surface area contributed by atoms with E-state index in [0.29, 0.717) is 11.3 Å². The second kappa shape index (κ2) is 8.08. The van der Waals surface area contributed by atoms with E-state index in [0.717, 1.165) is 61.4 Å². The Hall–Kier alpha value is -3.58. The summed E-state index contributed by atoms with van der Waals surface area (Å²) in [7, 11) is 0. The van der Waals surface area contributed by atoms with E-state index < -0.39 is 0 Å². The monoisotopic (exact) mass is 438 g/mol. The number of pyridine rings is 1. The predicted octanol–water partition coefficient (Wildman–Crippen LogP) is 3.82. The van der Waals surface area contributed by atoms with Crippen molar-refractivity contribution in [2.45, 2.75) is 31.2 Å². The summed E-state index contributed by atoms with van der Waals surface area (Å²) in [6.45, 7) is 2.68. The Kier molecular flexibility index (Phi) is 4.91. The van der Waals surface area contributed by atoms with Gasteiger partial charge in [-0.3, -0.25) is 9.78 Å². The van der Waals surface area contributed by atoms with E-state index in [-0.39, 0.29) is 11.4 Å². The number of carbonyl (C=O) groups is 1. The summed E-state index contributed by atoms with van der Waals surface area (Å²) in [6, 6.07) is 15.7. The van der Waals surface area contributed by atoms with Crippen LogP contribution in [-0.4, -0.2) is 55.6 Å². The number of benzene rings is 1. The van der Waals surface area contributed by atoms with Crippen LogP contribution < -0.4 is 5.32 Å². The molecule has 2 aliphatic heterocycles. The van der Waals surface area contributed by atoms with Gasteiger partial charge in [0.1, 0.15) is 0 Å². The summed E-state index contributed by atoms with van der Waals surface area (Å²) in [4.78, 5) is 25.2. The highest BCUT2D eigenvalue weighted by Crippen LogP contribution is 2.35. The van der Waals surface area contributed by atoms with Crippen LogP contribution in [0.5, 0.6) is 0 Å². The number of carbonyl (C=O) groups excluding carboxylic acids is 1. The lowest BCUT2D eigenvalue weighted by atomic mass is 9.85. The predicted molar refractivity (Wildman–Crippen MR) is 127 cm³/mol. The standard InChI is InChI=1S/C26H26N6O/c33-25(31-14-5-4-10-26(31)11-13-27-18-26)20-8-12-28-23(16-20)21-17-29-32-15-9-22(30-24(21)32)19-6-2-1-3-7-19/h1-3,6-9,12,15-17,27H,4-5,10-11,13-14,18H2. The molecule has 33 heavy (non-hydrogen) atoms. The summed E-state index contributed by atoms with van der Waals surface area (Å²) in [5.74, 6) is 0.0939. The van der Waals surface area contributed by atoms with Gasteiger partial charge in [-0.1, -0.05) is 30.3 Å². The van der Waals surface area contributed by atoms with Gasteiger partial charge in [0, 0.05) is 36.6 Å². The number of fused-ring (bicyclic) bond motifs is 1. The summed E-state index contributed by atoms with van der Waals surface area (Å²) < 4.78 is 1.75. The molecule has 0 aliphatic carbocycles. The van der Waals surface area contributed by atoms with Crippen molar-refractivity contribution in [3.05, 3.63) is 72.7 Å². The lowest BCUT2D eigenvalue weighted by molar-refractivity contribution is 0.0379. The molecule has 1 atom stereocenters. The fourth-order valence-electron chi connectivity index (χ4n) is 5.27. The average Bonchev–Trinajstić information content (AvgIpc) is 3.52. The van der Waals surface area contributed by atoms with Crippen LogP contribution in [0.4, 0.5) is 0 Å². The summed E-state index contributed by atoms with van der Waals surface area (Å²) in [5, 5.41) is 7.93. The Bertz CT molecular complexity index is 1310. The van der Waals surface area contributed by atoms with Crippen molar-refractivity contribution in [2.24, 2.45) is 0 Å². The highest BCUT2D eigenvalue weighted by molar-refractivity contribution is 5.96. The Morgan fingerprint density at radius 2 is 1.94 bits per heavy atom. The van der Waals surface area contributed by atoms with Gasteiger partial charge in [-0.25, -0.2) is 9.50 Å². The normalized spacial score (nSPS) is 20.5. The number of aromatic nitrogens is 4. The maximum Gasteiger partial charge on any atom is 0.254 e. The highest BCUT2D eigenvalue weighted by Gasteiger charge is 2.43. The molecule has 166 valence electrons. The molecule has 0 bridgehead atoms. The summed E-state index contributed by atoms with van der Waals surface area (Å²) >= 11 is 0. The maximum absolute atomic E-state index is 13.6. The number of amides is 1. The Morgan fingerprint density at radius 1 is 1.03 bits per heavy atom. The lowest BCUT2D eigenvalue weighted by Crippen LogP contribution is -2.55. The van der Waals surface area contributed by atoms with Crippen molar-refractivity contribution in [1.29, 1.82) is 0 Å². The zero-order valence-corrected chi connectivity index (χ0v) is 18.4. The van der Waals surface area contributed by atoms with Crippen LogP contribution in [0.3, 0.4) is 0 Å². The van der Waals surface area contributed by atoms with Crippen LogP contribution in [0.15, 0.2) is 67.1 Å². The van der Waals surface area contributed by atoms with Gasteiger partial charge in [0.25, 0.3) is 5.91 Å². The van der Waals surface area contributed by atoms with Crippen molar-refractivity contribution in [2.75, 3.05) is 19.6 Å². The molecular formula is C26H26N6O. The van der Waals surface area contributed by atoms with E-state index >= 15 is 0 Å². The van der Waals surface area contributed by atoms with Gasteiger partial charge < -0.3 is 10.2 Å². The molecule has 1 amide bonds. The minimum Gasteiger partial charge on any atom is -0.332 e. The van der Waals surface area contributed by atoms with E-state index in [4.69, 9.17) is 4.98 Å². The summed E-state index contributed by atoms with van der Waals surface area (Å²) in [6.07, 6.45) is 9.75. The van der Waals surface area contributed by atoms with E-state index in [2.05, 4.69) is 20.3 Å². The molecule has 1 aromatic carbocycles. The third kappa shape index (κ3) is 3.49. The van der Waals surface area contributed by atoms with Crippen molar-refractivity contribution in [1.82, 2.24) is 29.8 Å². The topological polar surface area (TPSA) is 75.4 Å². The van der Waals surface area contributed by atoms with Gasteiger partial charge in [0.2, 0.25) is 0 Å². The molecule has 2 saturated heterocycles. The van der Waals surface area contributed by atoms with Crippen LogP contribution in [0, 0.1) is 0 Å². The Balaban J connectivity index is 1.37. The number of nitrogens with zero attached hydrogens (tertiary/aromatic N) is 5. The first kappa shape index (κ1) is 20.1. The van der Waals surface area contributed by atoms with Gasteiger partial charge in [-0.05, 0) is 50.4 Å². The second-order valence-electron chi connectivity index (χ2n) is 9.00. The van der Waals surface area contributed by atoms with Gasteiger partial charge >= 0.3 is 0 Å². The molecule has 2 aliphatic rings. The van der Waals surface area contributed by atoms with Gasteiger partial charge in [-0.2, -0.15) is 5.10 Å². The molecule has 0 saturated carbocycles. The third-order valence-electron chi connectivity index (χ3n) is 7.03. The minimum absolute atomic E-state index is 0.0463. The van der Waals surface area contributed by atoms with Crippen LogP contribution in [-0.2, 0) is 0 Å². The fourth-order valence-corrected chi connectivity index (χ4v) is 5.27. The zero-order valence-electron chi connectivity index (χ0n) is 18.4. The lowest BCUT2D eigenvalue weighted by Gasteiger charge is -2.44. The fraction of sp³-hybridized carbons (Fsp3) is 0.308. The van der Waals surface area contributed by atoms with E-state index in [9.17, 15) is 4.79 Å². The first-order valence-electron chi connectivity index (χ1n) is 11.6. The molecule has 7 nitrogen and oxygen atoms in total. The summed E-state index contributed by atoms with van der Waals surface area (Å²) in [5.41, 5.74) is 4.80. The molecule has 2 fully saturated rings. The van der Waals surface area contributed by atoms with Crippen molar-refractivity contribution in [3.63, 3.8) is 0 Å². The molecule has 4 aromatic rings. The average molecular weight is 439 g/mol. The molecule has 6 rings (SSSR count). The van der Waals surface area contributed by atoms with Gasteiger partial charge in [0.05, 0.1) is 28.7 Å². The quantitative estimate of drug-likeness (QED) is 0.526. The number of rotatable bonds is 3. The highest BCUT2D eigenvalue weighted by atomic mass is 16.2. The molecule has 0 radical (unpaired) electrons. The first-order valence-corrected chi connectivity index (χ1v) is 11.6. The van der Waals surface area contributed by atoms with Crippen molar-refractivity contribution in [3.8, 4) is 22.5 Å². The van der Waals surface area contributed by atoms with Crippen molar-refractivity contribution < 1.29 is 4.79 Å². The number of likely N-dealkylation sites (tertiary alicyclic amines) is 1. The van der Waals surface area contributed by atoms with Gasteiger partial charge in [-0.15, -0.1) is 0 Å². The van der Waals surface area contributed by atoms with Crippen LogP contribution in [0.2, 0.25) is 0 Å². The van der Waals surface area contributed by atoms with E-state index in [1.54, 1.807) is 16.9 Å². The Labute approximate surface area is 192 Å². The largest absolute Gasteiger partial charge is 0.332 e. The van der Waals surface area contributed by atoms with Crippen molar-refractivity contribution >= 4 is 11.6 Å². The molecule has 3 aromatic heterocycles. The van der Waals surface area contributed by atoms with Gasteiger partial charge in [0.15, 0.2) is 5.65 Å². The molecule has 1 unspecified atom stereocenters. The molecule has 1 spiro atoms. The first-order chi connectivity index (χ1) is 16.2. The minimum atomic E-state index is -0.0463. The second-order valence-corrected chi connectivity index (χ2v) is 9.00. The molecule has 5 heterocycles. The van der Waals surface area contributed by atoms with Crippen LogP contribution in [0.1, 0.15) is 36.0 Å². The SMILES string of the molecule is O=C(c1ccnc(-c2cnn3ccc(-c4ccccc4)nc23)c1)N1CCCCC12CCNC2. The van der Waals surface area contributed by atoms with Crippen LogP contribution >= 0.6 is 0 Å². The zero-order chi connectivity index (χ0) is 22.3. The number of nitrogens with one attached hydrogen (secondary N) is 1. The third-order valence-corrected chi connectivity index (χ3v) is 7.03. The molecular weight excluding hydrogens is 412 g/mol. The van der Waals surface area contributed by atoms with E-state index in [1.165, 1.54) is 6.42 Å². The maximum atomic E-state index is 13.6. The smallest absolute Gasteiger partial charge is 0.254 e. The number of piperidine rings is 1.